The summed E-state index contributed by atoms with van der Waals surface area (Å²) in [6, 6.07) is 2.73. The summed E-state index contributed by atoms with van der Waals surface area (Å²) in [7, 11) is 0. The molecule has 1 saturated heterocycles. The molecule has 102 valence electrons. The Morgan fingerprint density at radius 2 is 2.22 bits per heavy atom. The van der Waals surface area contributed by atoms with E-state index in [4.69, 9.17) is 4.74 Å². The molecule has 0 spiro atoms. The fraction of sp³-hybridized carbons (Fsp3) is 0.692. The summed E-state index contributed by atoms with van der Waals surface area (Å²) in [5.41, 5.74) is 0. The van der Waals surface area contributed by atoms with Gasteiger partial charge in [0.1, 0.15) is 0 Å². The molecule has 1 atom stereocenters. The van der Waals surface area contributed by atoms with Crippen LogP contribution in [0.15, 0.2) is 10.5 Å². The van der Waals surface area contributed by atoms with Crippen LogP contribution in [-0.2, 0) is 11.3 Å². The summed E-state index contributed by atoms with van der Waals surface area (Å²) < 4.78 is 6.59. The number of aryl methyl sites for hydroxylation is 1. The minimum Gasteiger partial charge on any atom is -0.379 e. The summed E-state index contributed by atoms with van der Waals surface area (Å²) in [6.45, 7) is 10.4. The molecule has 1 aliphatic rings. The lowest BCUT2D eigenvalue weighted by atomic mass is 10.3. The van der Waals surface area contributed by atoms with E-state index in [0.717, 1.165) is 39.4 Å². The number of ether oxygens (including phenoxy) is 1. The van der Waals surface area contributed by atoms with Crippen LogP contribution in [0.2, 0.25) is 0 Å². The number of thiophene rings is 1. The smallest absolute Gasteiger partial charge is 0.0594 e. The third kappa shape index (κ3) is 4.31. The average Bonchev–Trinajstić information content (AvgIpc) is 2.68. The second kappa shape index (κ2) is 7.01. The SMILES string of the molecule is Cc1sc(CNC(C)CN2CCOCC2)cc1Br. The molecule has 0 aliphatic carbocycles. The van der Waals surface area contributed by atoms with Crippen LogP contribution in [-0.4, -0.2) is 43.8 Å². The molecule has 0 bridgehead atoms. The molecular formula is C13H21BrN2OS. The van der Waals surface area contributed by atoms with Crippen molar-refractivity contribution in [3.8, 4) is 0 Å². The number of nitrogens with zero attached hydrogens (tertiary/aromatic N) is 1. The zero-order valence-corrected chi connectivity index (χ0v) is 13.4. The standard InChI is InChI=1S/C13H21BrN2OS/c1-10(9-16-3-5-17-6-4-16)15-8-12-7-13(14)11(2)18-12/h7,10,15H,3-6,8-9H2,1-2H3. The molecule has 5 heteroatoms. The molecular weight excluding hydrogens is 312 g/mol. The minimum absolute atomic E-state index is 0.518. The zero-order valence-electron chi connectivity index (χ0n) is 11.0. The second-order valence-corrected chi connectivity index (χ2v) is 7.01. The van der Waals surface area contributed by atoms with Crippen LogP contribution in [0, 0.1) is 6.92 Å². The van der Waals surface area contributed by atoms with Gasteiger partial charge in [-0.3, -0.25) is 4.90 Å². The molecule has 0 radical (unpaired) electrons. The highest BCUT2D eigenvalue weighted by Gasteiger charge is 2.13. The first-order valence-electron chi connectivity index (χ1n) is 6.43. The summed E-state index contributed by atoms with van der Waals surface area (Å²) in [4.78, 5) is 5.22. The van der Waals surface area contributed by atoms with Gasteiger partial charge in [0.05, 0.1) is 13.2 Å². The highest BCUT2D eigenvalue weighted by Crippen LogP contribution is 2.26. The quantitative estimate of drug-likeness (QED) is 0.897. The third-order valence-corrected chi connectivity index (χ3v) is 5.31. The van der Waals surface area contributed by atoms with Crippen molar-refractivity contribution in [3.63, 3.8) is 0 Å². The van der Waals surface area contributed by atoms with Gasteiger partial charge in [-0.05, 0) is 35.8 Å². The topological polar surface area (TPSA) is 24.5 Å². The summed E-state index contributed by atoms with van der Waals surface area (Å²) >= 11 is 5.42. The van der Waals surface area contributed by atoms with E-state index in [1.807, 2.05) is 11.3 Å². The van der Waals surface area contributed by atoms with Crippen molar-refractivity contribution in [2.24, 2.45) is 0 Å². The fourth-order valence-corrected chi connectivity index (χ4v) is 3.67. The molecule has 1 aromatic rings. The predicted octanol–water partition coefficient (Wildman–Crippen LogP) is 2.63. The van der Waals surface area contributed by atoms with Crippen molar-refractivity contribution < 1.29 is 4.74 Å². The van der Waals surface area contributed by atoms with Crippen LogP contribution < -0.4 is 5.32 Å². The van der Waals surface area contributed by atoms with Crippen LogP contribution in [0.4, 0.5) is 0 Å². The monoisotopic (exact) mass is 332 g/mol. The Hall–Kier alpha value is 0.0600. The van der Waals surface area contributed by atoms with Gasteiger partial charge in [0, 0.05) is 46.4 Å². The van der Waals surface area contributed by atoms with E-state index in [0.29, 0.717) is 6.04 Å². The normalized spacial score (nSPS) is 19.1. The number of hydrogen-bond acceptors (Lipinski definition) is 4. The predicted molar refractivity (Wildman–Crippen MR) is 80.3 cm³/mol. The molecule has 18 heavy (non-hydrogen) atoms. The molecule has 1 unspecified atom stereocenters. The van der Waals surface area contributed by atoms with Crippen LogP contribution >= 0.6 is 27.3 Å². The van der Waals surface area contributed by atoms with E-state index >= 15 is 0 Å². The number of rotatable bonds is 5. The van der Waals surface area contributed by atoms with Crippen molar-refractivity contribution in [2.75, 3.05) is 32.8 Å². The maximum absolute atomic E-state index is 5.36. The Morgan fingerprint density at radius 3 is 2.83 bits per heavy atom. The van der Waals surface area contributed by atoms with Gasteiger partial charge >= 0.3 is 0 Å². The Labute approximate surface area is 122 Å². The van der Waals surface area contributed by atoms with Gasteiger partial charge in [-0.25, -0.2) is 0 Å². The molecule has 1 aliphatic heterocycles. The van der Waals surface area contributed by atoms with Crippen LogP contribution in [0.25, 0.3) is 0 Å². The lowest BCUT2D eigenvalue weighted by molar-refractivity contribution is 0.0343. The molecule has 1 N–H and O–H groups in total. The van der Waals surface area contributed by atoms with Gasteiger partial charge in [-0.2, -0.15) is 0 Å². The Morgan fingerprint density at radius 1 is 1.50 bits per heavy atom. The number of nitrogens with one attached hydrogen (secondary N) is 1. The van der Waals surface area contributed by atoms with Crippen LogP contribution in [0.3, 0.4) is 0 Å². The molecule has 0 amide bonds. The lowest BCUT2D eigenvalue weighted by Gasteiger charge is -2.29. The minimum atomic E-state index is 0.518. The first-order chi connectivity index (χ1) is 8.65. The van der Waals surface area contributed by atoms with E-state index in [-0.39, 0.29) is 0 Å². The molecule has 0 saturated carbocycles. The molecule has 1 fully saturated rings. The summed E-state index contributed by atoms with van der Waals surface area (Å²) in [6.07, 6.45) is 0. The summed E-state index contributed by atoms with van der Waals surface area (Å²) in [5.74, 6) is 0. The van der Waals surface area contributed by atoms with E-state index in [9.17, 15) is 0 Å². The number of halogens is 1. The molecule has 1 aromatic heterocycles. The first-order valence-corrected chi connectivity index (χ1v) is 8.04. The van der Waals surface area contributed by atoms with Crippen molar-refractivity contribution in [1.29, 1.82) is 0 Å². The van der Waals surface area contributed by atoms with Gasteiger partial charge in [0.2, 0.25) is 0 Å². The molecule has 2 rings (SSSR count). The zero-order chi connectivity index (χ0) is 13.0. The van der Waals surface area contributed by atoms with Crippen LogP contribution in [0.5, 0.6) is 0 Å². The first kappa shape index (κ1) is 14.5. The van der Waals surface area contributed by atoms with Gasteiger partial charge in [0.25, 0.3) is 0 Å². The van der Waals surface area contributed by atoms with E-state index in [2.05, 4.69) is 46.1 Å². The largest absolute Gasteiger partial charge is 0.379 e. The van der Waals surface area contributed by atoms with E-state index in [1.165, 1.54) is 14.2 Å². The van der Waals surface area contributed by atoms with Gasteiger partial charge in [0.15, 0.2) is 0 Å². The highest BCUT2D eigenvalue weighted by molar-refractivity contribution is 9.10. The van der Waals surface area contributed by atoms with Crippen molar-refractivity contribution >= 4 is 27.3 Å². The summed E-state index contributed by atoms with van der Waals surface area (Å²) in [5, 5.41) is 3.59. The maximum Gasteiger partial charge on any atom is 0.0594 e. The van der Waals surface area contributed by atoms with Crippen molar-refractivity contribution in [3.05, 3.63) is 20.3 Å². The lowest BCUT2D eigenvalue weighted by Crippen LogP contribution is -2.44. The van der Waals surface area contributed by atoms with Gasteiger partial charge in [-0.15, -0.1) is 11.3 Å². The van der Waals surface area contributed by atoms with Gasteiger partial charge in [-0.1, -0.05) is 0 Å². The Balaban J connectivity index is 1.72. The maximum atomic E-state index is 5.36. The van der Waals surface area contributed by atoms with Crippen LogP contribution in [0.1, 0.15) is 16.7 Å². The Bertz CT molecular complexity index is 358. The van der Waals surface area contributed by atoms with Crippen molar-refractivity contribution in [1.82, 2.24) is 10.2 Å². The fourth-order valence-electron chi connectivity index (χ4n) is 2.12. The van der Waals surface area contributed by atoms with E-state index < -0.39 is 0 Å². The highest BCUT2D eigenvalue weighted by atomic mass is 79.9. The van der Waals surface area contributed by atoms with Crippen molar-refractivity contribution in [2.45, 2.75) is 26.4 Å². The van der Waals surface area contributed by atoms with Gasteiger partial charge < -0.3 is 10.1 Å². The Kier molecular flexibility index (Phi) is 5.63. The molecule has 0 aromatic carbocycles. The number of hydrogen-bond donors (Lipinski definition) is 1. The number of morpholine rings is 1. The van der Waals surface area contributed by atoms with E-state index in [1.54, 1.807) is 0 Å². The third-order valence-electron chi connectivity index (χ3n) is 3.17. The molecule has 2 heterocycles. The second-order valence-electron chi connectivity index (χ2n) is 4.81. The molecule has 3 nitrogen and oxygen atoms in total. The average molecular weight is 333 g/mol.